The molecule has 100 valence electrons. The monoisotopic (exact) mass is 255 g/mol. The van der Waals surface area contributed by atoms with Crippen molar-refractivity contribution < 1.29 is 5.21 Å². The molecule has 0 aromatic heterocycles. The van der Waals surface area contributed by atoms with Crippen LogP contribution < -0.4 is 0 Å². The highest BCUT2D eigenvalue weighted by atomic mass is 16.4. The Morgan fingerprint density at radius 2 is 1.89 bits per heavy atom. The van der Waals surface area contributed by atoms with E-state index in [2.05, 4.69) is 44.1 Å². The van der Waals surface area contributed by atoms with E-state index in [9.17, 15) is 0 Å². The smallest absolute Gasteiger partial charge is 0.0701 e. The normalized spacial score (nSPS) is 21.3. The highest BCUT2D eigenvalue weighted by Crippen LogP contribution is 2.42. The van der Waals surface area contributed by atoms with Gasteiger partial charge in [-0.05, 0) is 47.5 Å². The minimum atomic E-state index is 0.0738. The van der Waals surface area contributed by atoms with Crippen molar-refractivity contribution in [3.05, 3.63) is 52.6 Å². The first-order chi connectivity index (χ1) is 9.04. The van der Waals surface area contributed by atoms with Crippen molar-refractivity contribution in [1.29, 1.82) is 0 Å². The Morgan fingerprint density at radius 3 is 2.53 bits per heavy atom. The number of allylic oxidation sites excluding steroid dienone is 3. The van der Waals surface area contributed by atoms with E-state index in [1.807, 2.05) is 18.2 Å². The maximum Gasteiger partial charge on any atom is 0.0701 e. The largest absolute Gasteiger partial charge is 0.411 e. The maximum atomic E-state index is 8.86. The summed E-state index contributed by atoms with van der Waals surface area (Å²) in [6.07, 6.45) is 5.96. The fraction of sp³-hybridized carbons (Fsp3) is 0.353. The van der Waals surface area contributed by atoms with Crippen LogP contribution in [0.1, 0.15) is 39.2 Å². The van der Waals surface area contributed by atoms with Gasteiger partial charge in [-0.2, -0.15) is 0 Å². The van der Waals surface area contributed by atoms with Crippen molar-refractivity contribution in [2.24, 2.45) is 10.6 Å². The SMILES string of the molecule is CC1=C(/C=N/O)C(C)(C)CC/C1=C/c1ccccc1. The van der Waals surface area contributed by atoms with Gasteiger partial charge >= 0.3 is 0 Å². The minimum Gasteiger partial charge on any atom is -0.411 e. The molecule has 1 aliphatic rings. The van der Waals surface area contributed by atoms with Crippen LogP contribution in [0.3, 0.4) is 0 Å². The van der Waals surface area contributed by atoms with Gasteiger partial charge in [0, 0.05) is 0 Å². The fourth-order valence-electron chi connectivity index (χ4n) is 2.71. The molecule has 2 rings (SSSR count). The lowest BCUT2D eigenvalue weighted by atomic mass is 9.71. The van der Waals surface area contributed by atoms with Crippen LogP contribution in [0.5, 0.6) is 0 Å². The highest BCUT2D eigenvalue weighted by molar-refractivity contribution is 5.83. The summed E-state index contributed by atoms with van der Waals surface area (Å²) in [7, 11) is 0. The van der Waals surface area contributed by atoms with Gasteiger partial charge in [-0.15, -0.1) is 0 Å². The number of hydrogen-bond acceptors (Lipinski definition) is 2. The zero-order valence-corrected chi connectivity index (χ0v) is 11.9. The molecule has 1 aromatic carbocycles. The third kappa shape index (κ3) is 2.95. The standard InChI is InChI=1S/C17H21NO/c1-13-15(11-14-7-5-4-6-8-14)9-10-17(2,3)16(13)12-18-19/h4-8,11-12,19H,9-10H2,1-3H3/b15-11-,18-12+. The third-order valence-corrected chi connectivity index (χ3v) is 3.96. The van der Waals surface area contributed by atoms with Gasteiger partial charge in [-0.1, -0.05) is 55.4 Å². The van der Waals surface area contributed by atoms with Crippen LogP contribution in [0.2, 0.25) is 0 Å². The molecule has 0 amide bonds. The molecule has 0 aliphatic heterocycles. The highest BCUT2D eigenvalue weighted by Gasteiger charge is 2.29. The van der Waals surface area contributed by atoms with Crippen LogP contribution in [0.25, 0.3) is 6.08 Å². The van der Waals surface area contributed by atoms with Gasteiger partial charge in [0.15, 0.2) is 0 Å². The van der Waals surface area contributed by atoms with Crippen LogP contribution in [-0.4, -0.2) is 11.4 Å². The summed E-state index contributed by atoms with van der Waals surface area (Å²) >= 11 is 0. The van der Waals surface area contributed by atoms with E-state index in [-0.39, 0.29) is 5.41 Å². The molecule has 0 saturated carbocycles. The van der Waals surface area contributed by atoms with Crippen LogP contribution >= 0.6 is 0 Å². The molecule has 0 saturated heterocycles. The van der Waals surface area contributed by atoms with Crippen molar-refractivity contribution in [2.45, 2.75) is 33.6 Å². The molecular weight excluding hydrogens is 234 g/mol. The van der Waals surface area contributed by atoms with E-state index in [0.717, 1.165) is 18.4 Å². The lowest BCUT2D eigenvalue weighted by molar-refractivity contribution is 0.319. The van der Waals surface area contributed by atoms with E-state index in [1.54, 1.807) is 6.21 Å². The van der Waals surface area contributed by atoms with Gasteiger partial charge in [0.1, 0.15) is 0 Å². The molecule has 0 unspecified atom stereocenters. The van der Waals surface area contributed by atoms with Crippen molar-refractivity contribution in [1.82, 2.24) is 0 Å². The summed E-state index contributed by atoms with van der Waals surface area (Å²) in [6.45, 7) is 6.52. The van der Waals surface area contributed by atoms with E-state index in [1.165, 1.54) is 16.7 Å². The Morgan fingerprint density at radius 1 is 1.21 bits per heavy atom. The lowest BCUT2D eigenvalue weighted by Crippen LogP contribution is -2.22. The molecule has 2 nitrogen and oxygen atoms in total. The third-order valence-electron chi connectivity index (χ3n) is 3.96. The molecule has 0 heterocycles. The number of hydrogen-bond donors (Lipinski definition) is 1. The molecule has 19 heavy (non-hydrogen) atoms. The van der Waals surface area contributed by atoms with Crippen LogP contribution in [0.4, 0.5) is 0 Å². The summed E-state index contributed by atoms with van der Waals surface area (Å²) < 4.78 is 0. The quantitative estimate of drug-likeness (QED) is 0.465. The molecular formula is C17H21NO. The second-order valence-corrected chi connectivity index (χ2v) is 5.75. The zero-order valence-electron chi connectivity index (χ0n) is 11.9. The van der Waals surface area contributed by atoms with Gasteiger partial charge < -0.3 is 5.21 Å². The number of rotatable bonds is 2. The Hall–Kier alpha value is -1.83. The topological polar surface area (TPSA) is 32.6 Å². The van der Waals surface area contributed by atoms with Crippen molar-refractivity contribution >= 4 is 12.3 Å². The molecule has 0 atom stereocenters. The summed E-state index contributed by atoms with van der Waals surface area (Å²) in [6, 6.07) is 10.3. The summed E-state index contributed by atoms with van der Waals surface area (Å²) in [4.78, 5) is 0. The van der Waals surface area contributed by atoms with Crippen LogP contribution in [0, 0.1) is 5.41 Å². The molecule has 0 fully saturated rings. The maximum absolute atomic E-state index is 8.86. The Balaban J connectivity index is 2.44. The minimum absolute atomic E-state index is 0.0738. The number of nitrogens with zero attached hydrogens (tertiary/aromatic N) is 1. The first kappa shape index (κ1) is 13.6. The molecule has 1 N–H and O–H groups in total. The molecule has 2 heteroatoms. The van der Waals surface area contributed by atoms with Gasteiger partial charge in [0.05, 0.1) is 6.21 Å². The number of benzene rings is 1. The second kappa shape index (κ2) is 5.43. The Kier molecular flexibility index (Phi) is 3.89. The van der Waals surface area contributed by atoms with Crippen LogP contribution in [0.15, 0.2) is 52.2 Å². The molecule has 1 aromatic rings. The Bertz CT molecular complexity index is 536. The van der Waals surface area contributed by atoms with Gasteiger partial charge in [-0.3, -0.25) is 0 Å². The van der Waals surface area contributed by atoms with E-state index in [0.29, 0.717) is 0 Å². The predicted octanol–water partition coefficient (Wildman–Crippen LogP) is 4.67. The molecule has 0 radical (unpaired) electrons. The molecule has 1 aliphatic carbocycles. The summed E-state index contributed by atoms with van der Waals surface area (Å²) in [5.74, 6) is 0. The van der Waals surface area contributed by atoms with Gasteiger partial charge in [0.25, 0.3) is 0 Å². The van der Waals surface area contributed by atoms with Crippen LogP contribution in [-0.2, 0) is 0 Å². The number of oxime groups is 1. The van der Waals surface area contributed by atoms with E-state index in [4.69, 9.17) is 5.21 Å². The lowest BCUT2D eigenvalue weighted by Gasteiger charge is -2.33. The zero-order chi connectivity index (χ0) is 13.9. The predicted molar refractivity (Wildman–Crippen MR) is 80.4 cm³/mol. The Labute approximate surface area is 115 Å². The first-order valence-electron chi connectivity index (χ1n) is 6.69. The molecule has 0 bridgehead atoms. The van der Waals surface area contributed by atoms with E-state index < -0.39 is 0 Å². The first-order valence-corrected chi connectivity index (χ1v) is 6.69. The summed E-state index contributed by atoms with van der Waals surface area (Å²) in [5, 5.41) is 12.1. The summed E-state index contributed by atoms with van der Waals surface area (Å²) in [5.41, 5.74) is 4.99. The van der Waals surface area contributed by atoms with E-state index >= 15 is 0 Å². The van der Waals surface area contributed by atoms with Crippen molar-refractivity contribution in [3.63, 3.8) is 0 Å². The van der Waals surface area contributed by atoms with Gasteiger partial charge in [-0.25, -0.2) is 0 Å². The van der Waals surface area contributed by atoms with Crippen molar-refractivity contribution in [3.8, 4) is 0 Å². The average Bonchev–Trinajstić information content (AvgIpc) is 2.39. The fourth-order valence-corrected chi connectivity index (χ4v) is 2.71. The van der Waals surface area contributed by atoms with Gasteiger partial charge in [0.2, 0.25) is 0 Å². The second-order valence-electron chi connectivity index (χ2n) is 5.75. The molecule has 0 spiro atoms. The average molecular weight is 255 g/mol. The van der Waals surface area contributed by atoms with Crippen molar-refractivity contribution in [2.75, 3.05) is 0 Å².